The predicted molar refractivity (Wildman–Crippen MR) is 63.8 cm³/mol. The number of hydrazine groups is 1. The highest BCUT2D eigenvalue weighted by atomic mass is 79.9. The Kier molecular flexibility index (Phi) is 2.75. The summed E-state index contributed by atoms with van der Waals surface area (Å²) in [6.45, 7) is 0. The van der Waals surface area contributed by atoms with Crippen LogP contribution in [0.5, 0.6) is 5.75 Å². The molecular formula is C10H10BrN3O. The number of hydrogen-bond acceptors (Lipinski definition) is 4. The lowest BCUT2D eigenvalue weighted by Gasteiger charge is -2.10. The second-order valence-electron chi connectivity index (χ2n) is 2.98. The number of nitrogen functional groups attached to an aromatic ring is 1. The number of ether oxygens (including phenoxy) is 1. The number of methoxy groups -OCH3 is 1. The number of nitrogens with one attached hydrogen (secondary N) is 1. The van der Waals surface area contributed by atoms with Crippen LogP contribution < -0.4 is 16.0 Å². The molecule has 2 aromatic rings. The predicted octanol–water partition coefficient (Wildman–Crippen LogP) is 2.29. The molecule has 0 atom stereocenters. The molecule has 15 heavy (non-hydrogen) atoms. The number of anilines is 1. The van der Waals surface area contributed by atoms with Gasteiger partial charge in [0.15, 0.2) is 5.82 Å². The quantitative estimate of drug-likeness (QED) is 0.648. The van der Waals surface area contributed by atoms with Gasteiger partial charge in [0, 0.05) is 16.1 Å². The lowest BCUT2D eigenvalue weighted by atomic mass is 10.1. The van der Waals surface area contributed by atoms with E-state index < -0.39 is 0 Å². The first-order valence-corrected chi connectivity index (χ1v) is 5.15. The van der Waals surface area contributed by atoms with Gasteiger partial charge in [-0.2, -0.15) is 0 Å². The first-order valence-electron chi connectivity index (χ1n) is 4.35. The minimum Gasteiger partial charge on any atom is -0.496 e. The fraction of sp³-hybridized carbons (Fsp3) is 0.100. The van der Waals surface area contributed by atoms with E-state index in [9.17, 15) is 0 Å². The summed E-state index contributed by atoms with van der Waals surface area (Å²) < 4.78 is 6.25. The van der Waals surface area contributed by atoms with E-state index in [1.807, 2.05) is 18.2 Å². The average Bonchev–Trinajstić information content (AvgIpc) is 2.29. The maximum absolute atomic E-state index is 5.41. The van der Waals surface area contributed by atoms with Crippen LogP contribution in [-0.4, -0.2) is 12.1 Å². The third kappa shape index (κ3) is 1.64. The summed E-state index contributed by atoms with van der Waals surface area (Å²) >= 11 is 3.47. The Morgan fingerprint density at radius 2 is 2.20 bits per heavy atom. The highest BCUT2D eigenvalue weighted by Gasteiger charge is 2.09. The molecule has 0 aliphatic rings. The summed E-state index contributed by atoms with van der Waals surface area (Å²) in [6, 6.07) is 5.71. The first kappa shape index (κ1) is 10.2. The van der Waals surface area contributed by atoms with Gasteiger partial charge in [0.25, 0.3) is 0 Å². The number of rotatable bonds is 2. The fourth-order valence-corrected chi connectivity index (χ4v) is 1.97. The van der Waals surface area contributed by atoms with Crippen molar-refractivity contribution in [3.8, 4) is 5.75 Å². The van der Waals surface area contributed by atoms with Crippen molar-refractivity contribution in [3.63, 3.8) is 0 Å². The summed E-state index contributed by atoms with van der Waals surface area (Å²) in [7, 11) is 1.62. The van der Waals surface area contributed by atoms with Gasteiger partial charge in [-0.15, -0.1) is 0 Å². The van der Waals surface area contributed by atoms with E-state index >= 15 is 0 Å². The van der Waals surface area contributed by atoms with Crippen LogP contribution in [0.15, 0.2) is 28.9 Å². The molecule has 4 nitrogen and oxygen atoms in total. The van der Waals surface area contributed by atoms with Gasteiger partial charge in [0.1, 0.15) is 5.75 Å². The second kappa shape index (κ2) is 4.04. The monoisotopic (exact) mass is 267 g/mol. The highest BCUT2D eigenvalue weighted by molar-refractivity contribution is 9.10. The Balaban J connectivity index is 2.87. The summed E-state index contributed by atoms with van der Waals surface area (Å²) in [5, 5.41) is 1.88. The lowest BCUT2D eigenvalue weighted by Crippen LogP contribution is -2.09. The molecule has 0 amide bonds. The van der Waals surface area contributed by atoms with Gasteiger partial charge in [0.05, 0.1) is 12.5 Å². The molecule has 0 spiro atoms. The van der Waals surface area contributed by atoms with Crippen molar-refractivity contribution < 1.29 is 4.74 Å². The maximum atomic E-state index is 5.41. The molecule has 78 valence electrons. The van der Waals surface area contributed by atoms with E-state index in [4.69, 9.17) is 10.6 Å². The third-order valence-electron chi connectivity index (χ3n) is 2.19. The Morgan fingerprint density at radius 3 is 2.87 bits per heavy atom. The van der Waals surface area contributed by atoms with E-state index in [0.717, 1.165) is 21.0 Å². The largest absolute Gasteiger partial charge is 0.496 e. The molecule has 0 bridgehead atoms. The zero-order chi connectivity index (χ0) is 10.8. The normalized spacial score (nSPS) is 10.3. The summed E-state index contributed by atoms with van der Waals surface area (Å²) in [5.41, 5.74) is 2.56. The van der Waals surface area contributed by atoms with Crippen LogP contribution in [0.1, 0.15) is 0 Å². The van der Waals surface area contributed by atoms with E-state index in [-0.39, 0.29) is 0 Å². The smallest absolute Gasteiger partial charge is 0.151 e. The maximum Gasteiger partial charge on any atom is 0.151 e. The molecule has 2 rings (SSSR count). The van der Waals surface area contributed by atoms with E-state index in [0.29, 0.717) is 5.82 Å². The number of benzene rings is 1. The molecule has 0 aliphatic heterocycles. The van der Waals surface area contributed by atoms with Crippen molar-refractivity contribution in [2.24, 2.45) is 5.84 Å². The molecule has 0 fully saturated rings. The van der Waals surface area contributed by atoms with Crippen LogP contribution in [0, 0.1) is 0 Å². The number of hydrogen-bond donors (Lipinski definition) is 2. The summed E-state index contributed by atoms with van der Waals surface area (Å²) in [4.78, 5) is 4.14. The van der Waals surface area contributed by atoms with Gasteiger partial charge in [-0.05, 0) is 18.2 Å². The Labute approximate surface area is 95.5 Å². The van der Waals surface area contributed by atoms with Crippen molar-refractivity contribution in [2.75, 3.05) is 12.5 Å². The van der Waals surface area contributed by atoms with Crippen molar-refractivity contribution in [3.05, 3.63) is 28.9 Å². The van der Waals surface area contributed by atoms with Gasteiger partial charge in [0.2, 0.25) is 0 Å². The van der Waals surface area contributed by atoms with Crippen LogP contribution in [0.4, 0.5) is 5.82 Å². The van der Waals surface area contributed by atoms with Crippen molar-refractivity contribution in [1.82, 2.24) is 4.98 Å². The molecular weight excluding hydrogens is 258 g/mol. The first-order chi connectivity index (χ1) is 7.27. The van der Waals surface area contributed by atoms with E-state index in [1.165, 1.54) is 0 Å². The molecule has 0 aliphatic carbocycles. The Morgan fingerprint density at radius 1 is 1.40 bits per heavy atom. The van der Waals surface area contributed by atoms with E-state index in [2.05, 4.69) is 26.3 Å². The summed E-state index contributed by atoms with van der Waals surface area (Å²) in [5.74, 6) is 6.75. The number of nitrogens with zero attached hydrogens (tertiary/aromatic N) is 1. The molecule has 0 radical (unpaired) electrons. The highest BCUT2D eigenvalue weighted by Crippen LogP contribution is 2.34. The van der Waals surface area contributed by atoms with Gasteiger partial charge < -0.3 is 10.2 Å². The zero-order valence-electron chi connectivity index (χ0n) is 8.12. The number of halogens is 1. The van der Waals surface area contributed by atoms with Gasteiger partial charge in [-0.25, -0.2) is 10.8 Å². The SMILES string of the molecule is COc1ccc(Br)c2ccnc(NN)c12. The van der Waals surface area contributed by atoms with Crippen molar-refractivity contribution in [2.45, 2.75) is 0 Å². The molecule has 1 heterocycles. The molecule has 0 unspecified atom stereocenters. The van der Waals surface area contributed by atoms with E-state index in [1.54, 1.807) is 13.3 Å². The Hall–Kier alpha value is -1.33. The second-order valence-corrected chi connectivity index (χ2v) is 3.83. The van der Waals surface area contributed by atoms with Crippen LogP contribution in [0.3, 0.4) is 0 Å². The number of aromatic nitrogens is 1. The minimum atomic E-state index is 0.602. The van der Waals surface area contributed by atoms with Gasteiger partial charge in [-0.3, -0.25) is 0 Å². The lowest BCUT2D eigenvalue weighted by molar-refractivity contribution is 0.420. The van der Waals surface area contributed by atoms with Crippen molar-refractivity contribution in [1.29, 1.82) is 0 Å². The zero-order valence-corrected chi connectivity index (χ0v) is 9.71. The van der Waals surface area contributed by atoms with Crippen LogP contribution in [-0.2, 0) is 0 Å². The average molecular weight is 268 g/mol. The molecule has 0 saturated carbocycles. The topological polar surface area (TPSA) is 60.2 Å². The van der Waals surface area contributed by atoms with Crippen molar-refractivity contribution >= 4 is 32.5 Å². The summed E-state index contributed by atoms with van der Waals surface area (Å²) in [6.07, 6.45) is 1.70. The fourth-order valence-electron chi connectivity index (χ4n) is 1.51. The Bertz CT molecular complexity index is 491. The molecule has 1 aromatic carbocycles. The third-order valence-corrected chi connectivity index (χ3v) is 2.88. The van der Waals surface area contributed by atoms with Crippen LogP contribution >= 0.6 is 15.9 Å². The minimum absolute atomic E-state index is 0.602. The number of nitrogens with two attached hydrogens (primary N) is 1. The molecule has 5 heteroatoms. The van der Waals surface area contributed by atoms with Crippen LogP contribution in [0.25, 0.3) is 10.8 Å². The standard InChI is InChI=1S/C10H10BrN3O/c1-15-8-3-2-7(11)6-4-5-13-10(14-12)9(6)8/h2-5H,12H2,1H3,(H,13,14). The number of fused-ring (bicyclic) bond motifs is 1. The number of pyridine rings is 1. The van der Waals surface area contributed by atoms with Crippen LogP contribution in [0.2, 0.25) is 0 Å². The van der Waals surface area contributed by atoms with Gasteiger partial charge in [-0.1, -0.05) is 15.9 Å². The molecule has 1 aromatic heterocycles. The molecule has 0 saturated heterocycles. The molecule has 3 N–H and O–H groups in total. The van der Waals surface area contributed by atoms with Gasteiger partial charge >= 0.3 is 0 Å².